The van der Waals surface area contributed by atoms with Gasteiger partial charge in [-0.2, -0.15) is 0 Å². The lowest BCUT2D eigenvalue weighted by molar-refractivity contribution is 0.102. The molecule has 31 heavy (non-hydrogen) atoms. The van der Waals surface area contributed by atoms with Crippen molar-refractivity contribution in [2.45, 2.75) is 18.2 Å². The van der Waals surface area contributed by atoms with Gasteiger partial charge in [0, 0.05) is 16.9 Å². The van der Waals surface area contributed by atoms with Gasteiger partial charge in [-0.25, -0.2) is 8.42 Å². The lowest BCUT2D eigenvalue weighted by Gasteiger charge is -2.11. The van der Waals surface area contributed by atoms with E-state index in [2.05, 4.69) is 10.0 Å². The topological polar surface area (TPSA) is 93.7 Å². The summed E-state index contributed by atoms with van der Waals surface area (Å²) < 4.78 is 38.5. The van der Waals surface area contributed by atoms with Crippen molar-refractivity contribution >= 4 is 27.3 Å². The Morgan fingerprint density at radius 2 is 1.58 bits per heavy atom. The fraction of sp³-hybridized carbons (Fsp3) is 0.174. The van der Waals surface area contributed by atoms with Crippen LogP contribution >= 0.6 is 0 Å². The van der Waals surface area contributed by atoms with E-state index in [-0.39, 0.29) is 10.8 Å². The van der Waals surface area contributed by atoms with Gasteiger partial charge in [-0.1, -0.05) is 13.0 Å². The molecule has 0 aromatic heterocycles. The second-order valence-electron chi connectivity index (χ2n) is 6.69. The quantitative estimate of drug-likeness (QED) is 0.510. The van der Waals surface area contributed by atoms with Crippen molar-refractivity contribution in [3.8, 4) is 11.5 Å². The van der Waals surface area contributed by atoms with Crippen LogP contribution in [0, 0.1) is 0 Å². The molecule has 0 heterocycles. The first kappa shape index (κ1) is 22.2. The molecule has 0 radical (unpaired) electrons. The molecule has 0 aliphatic rings. The Balaban J connectivity index is 1.70. The highest BCUT2D eigenvalue weighted by atomic mass is 32.2. The normalized spacial score (nSPS) is 10.9. The van der Waals surface area contributed by atoms with Gasteiger partial charge < -0.3 is 14.8 Å². The summed E-state index contributed by atoms with van der Waals surface area (Å²) in [6.45, 7) is 2.63. The minimum Gasteiger partial charge on any atom is -0.497 e. The van der Waals surface area contributed by atoms with Crippen LogP contribution in [-0.4, -0.2) is 28.0 Å². The molecule has 3 aromatic rings. The smallest absolute Gasteiger partial charge is 0.261 e. The van der Waals surface area contributed by atoms with Gasteiger partial charge >= 0.3 is 0 Å². The van der Waals surface area contributed by atoms with Gasteiger partial charge in [-0.3, -0.25) is 9.52 Å². The van der Waals surface area contributed by atoms with E-state index in [1.807, 2.05) is 6.92 Å². The van der Waals surface area contributed by atoms with Gasteiger partial charge in [0.05, 0.1) is 18.6 Å². The van der Waals surface area contributed by atoms with Crippen LogP contribution in [0.1, 0.15) is 23.7 Å². The number of anilines is 2. The van der Waals surface area contributed by atoms with Crippen LogP contribution in [0.2, 0.25) is 0 Å². The van der Waals surface area contributed by atoms with Crippen molar-refractivity contribution in [1.29, 1.82) is 0 Å². The molecule has 3 rings (SSSR count). The minimum absolute atomic E-state index is 0.0319. The number of methoxy groups -OCH3 is 1. The van der Waals surface area contributed by atoms with Gasteiger partial charge in [0.1, 0.15) is 11.5 Å². The van der Waals surface area contributed by atoms with E-state index in [9.17, 15) is 13.2 Å². The highest BCUT2D eigenvalue weighted by Crippen LogP contribution is 2.22. The van der Waals surface area contributed by atoms with Crippen molar-refractivity contribution in [1.82, 2.24) is 0 Å². The van der Waals surface area contributed by atoms with E-state index < -0.39 is 10.0 Å². The molecule has 8 heteroatoms. The van der Waals surface area contributed by atoms with Crippen molar-refractivity contribution in [2.24, 2.45) is 0 Å². The summed E-state index contributed by atoms with van der Waals surface area (Å²) in [5, 5.41) is 2.72. The van der Waals surface area contributed by atoms with Gasteiger partial charge in [0.25, 0.3) is 15.9 Å². The molecule has 0 aliphatic heterocycles. The molecule has 0 bridgehead atoms. The monoisotopic (exact) mass is 440 g/mol. The highest BCUT2D eigenvalue weighted by Gasteiger charge is 2.16. The molecule has 0 atom stereocenters. The number of carbonyl (C=O) groups is 1. The summed E-state index contributed by atoms with van der Waals surface area (Å²) in [4.78, 5) is 12.6. The zero-order valence-electron chi connectivity index (χ0n) is 17.3. The average Bonchev–Trinajstić information content (AvgIpc) is 2.78. The number of hydrogen-bond donors (Lipinski definition) is 2. The SMILES string of the molecule is CCCOc1ccc(C(=O)Nc2cccc(S(=O)(=O)Nc3ccc(OC)cc3)c2)cc1. The van der Waals surface area contributed by atoms with Crippen LogP contribution in [0.4, 0.5) is 11.4 Å². The first-order valence-corrected chi connectivity index (χ1v) is 11.2. The van der Waals surface area contributed by atoms with Crippen LogP contribution in [0.5, 0.6) is 11.5 Å². The predicted molar refractivity (Wildman–Crippen MR) is 120 cm³/mol. The van der Waals surface area contributed by atoms with E-state index in [0.29, 0.717) is 35.0 Å². The summed E-state index contributed by atoms with van der Waals surface area (Å²) in [5.74, 6) is 0.966. The molecular formula is C23H24N2O5S. The average molecular weight is 441 g/mol. The summed E-state index contributed by atoms with van der Waals surface area (Å²) in [5.41, 5.74) is 1.21. The Hall–Kier alpha value is -3.52. The molecule has 162 valence electrons. The lowest BCUT2D eigenvalue weighted by Crippen LogP contribution is -2.15. The third-order valence-electron chi connectivity index (χ3n) is 4.33. The van der Waals surface area contributed by atoms with Crippen molar-refractivity contribution in [3.63, 3.8) is 0 Å². The van der Waals surface area contributed by atoms with Crippen LogP contribution in [0.15, 0.2) is 77.7 Å². The maximum Gasteiger partial charge on any atom is 0.261 e. The maximum absolute atomic E-state index is 12.7. The number of carbonyl (C=O) groups excluding carboxylic acids is 1. The van der Waals surface area contributed by atoms with Gasteiger partial charge in [0.15, 0.2) is 0 Å². The number of rotatable bonds is 9. The maximum atomic E-state index is 12.7. The molecule has 0 saturated heterocycles. The number of hydrogen-bond acceptors (Lipinski definition) is 5. The molecule has 0 unspecified atom stereocenters. The van der Waals surface area contributed by atoms with E-state index in [1.165, 1.54) is 19.2 Å². The first-order valence-electron chi connectivity index (χ1n) is 9.72. The van der Waals surface area contributed by atoms with Gasteiger partial charge in [-0.05, 0) is 73.2 Å². The Morgan fingerprint density at radius 1 is 0.903 bits per heavy atom. The highest BCUT2D eigenvalue weighted by molar-refractivity contribution is 7.92. The van der Waals surface area contributed by atoms with Gasteiger partial charge in [-0.15, -0.1) is 0 Å². The minimum atomic E-state index is -3.83. The standard InChI is InChI=1S/C23H24N2O5S/c1-3-15-30-21-11-7-17(8-12-21)23(26)24-19-5-4-6-22(16-19)31(27,28)25-18-9-13-20(29-2)14-10-18/h4-14,16,25H,3,15H2,1-2H3,(H,24,26). The first-order chi connectivity index (χ1) is 14.9. The number of sulfonamides is 1. The molecular weight excluding hydrogens is 416 g/mol. The fourth-order valence-corrected chi connectivity index (χ4v) is 3.84. The molecule has 7 nitrogen and oxygen atoms in total. The van der Waals surface area contributed by atoms with Crippen molar-refractivity contribution in [3.05, 3.63) is 78.4 Å². The number of benzene rings is 3. The van der Waals surface area contributed by atoms with Crippen LogP contribution in [0.3, 0.4) is 0 Å². The molecule has 0 aliphatic carbocycles. The summed E-state index contributed by atoms with van der Waals surface area (Å²) in [7, 11) is -2.29. The van der Waals surface area contributed by atoms with Crippen LogP contribution < -0.4 is 19.5 Å². The second kappa shape index (κ2) is 9.99. The van der Waals surface area contributed by atoms with E-state index >= 15 is 0 Å². The van der Waals surface area contributed by atoms with Crippen LogP contribution in [0.25, 0.3) is 0 Å². The molecule has 0 saturated carbocycles. The Morgan fingerprint density at radius 3 is 2.23 bits per heavy atom. The Kier molecular flexibility index (Phi) is 7.15. The van der Waals surface area contributed by atoms with E-state index in [4.69, 9.17) is 9.47 Å². The van der Waals surface area contributed by atoms with Gasteiger partial charge in [0.2, 0.25) is 0 Å². The zero-order valence-corrected chi connectivity index (χ0v) is 18.1. The van der Waals surface area contributed by atoms with Crippen molar-refractivity contribution in [2.75, 3.05) is 23.8 Å². The molecule has 0 spiro atoms. The van der Waals surface area contributed by atoms with Crippen LogP contribution in [-0.2, 0) is 10.0 Å². The number of amides is 1. The molecule has 0 fully saturated rings. The summed E-state index contributed by atoms with van der Waals surface area (Å²) in [6.07, 6.45) is 0.898. The second-order valence-corrected chi connectivity index (χ2v) is 8.37. The molecule has 1 amide bonds. The summed E-state index contributed by atoms with van der Waals surface area (Å²) >= 11 is 0. The molecule has 2 N–H and O–H groups in total. The fourth-order valence-electron chi connectivity index (χ4n) is 2.74. The largest absolute Gasteiger partial charge is 0.497 e. The van der Waals surface area contributed by atoms with E-state index in [1.54, 1.807) is 60.7 Å². The third kappa shape index (κ3) is 5.99. The predicted octanol–water partition coefficient (Wildman–Crippen LogP) is 4.54. The summed E-state index contributed by atoms with van der Waals surface area (Å²) in [6, 6.07) is 19.4. The van der Waals surface area contributed by atoms with E-state index in [0.717, 1.165) is 6.42 Å². The zero-order chi connectivity index (χ0) is 22.3. The van der Waals surface area contributed by atoms with Crippen molar-refractivity contribution < 1.29 is 22.7 Å². The Bertz CT molecular complexity index is 1130. The Labute approximate surface area is 182 Å². The lowest BCUT2D eigenvalue weighted by atomic mass is 10.2. The third-order valence-corrected chi connectivity index (χ3v) is 5.71. The molecule has 3 aromatic carbocycles. The number of nitrogens with one attached hydrogen (secondary N) is 2. The number of ether oxygens (including phenoxy) is 2.